The van der Waals surface area contributed by atoms with Crippen LogP contribution in [-0.2, 0) is 4.74 Å². The van der Waals surface area contributed by atoms with E-state index in [9.17, 15) is 14.9 Å². The summed E-state index contributed by atoms with van der Waals surface area (Å²) < 4.78 is 4.58. The number of ether oxygens (including phenoxy) is 1. The van der Waals surface area contributed by atoms with Crippen molar-refractivity contribution < 1.29 is 14.5 Å². The number of halogens is 1. The predicted molar refractivity (Wildman–Crippen MR) is 61.9 cm³/mol. The summed E-state index contributed by atoms with van der Waals surface area (Å²) in [6.07, 6.45) is 0. The lowest BCUT2D eigenvalue weighted by molar-refractivity contribution is -0.386. The SMILES string of the molecule is COC(=O)c1ccc(C#N)c([N+](=O)[O-])c1I. The van der Waals surface area contributed by atoms with E-state index in [1.54, 1.807) is 28.7 Å². The topological polar surface area (TPSA) is 93.2 Å². The lowest BCUT2D eigenvalue weighted by Gasteiger charge is -2.03. The van der Waals surface area contributed by atoms with Crippen molar-refractivity contribution in [3.8, 4) is 6.07 Å². The monoisotopic (exact) mass is 332 g/mol. The van der Waals surface area contributed by atoms with Gasteiger partial charge in [0.2, 0.25) is 0 Å². The number of nitro groups is 1. The van der Waals surface area contributed by atoms with Crippen molar-refractivity contribution in [1.29, 1.82) is 5.26 Å². The van der Waals surface area contributed by atoms with Crippen molar-refractivity contribution in [3.05, 3.63) is 36.9 Å². The number of esters is 1. The summed E-state index contributed by atoms with van der Waals surface area (Å²) in [5, 5.41) is 19.5. The van der Waals surface area contributed by atoms with Crippen molar-refractivity contribution in [2.45, 2.75) is 0 Å². The Morgan fingerprint density at radius 3 is 2.69 bits per heavy atom. The van der Waals surface area contributed by atoms with Gasteiger partial charge >= 0.3 is 11.7 Å². The molecule has 0 radical (unpaired) electrons. The van der Waals surface area contributed by atoms with Crippen LogP contribution < -0.4 is 0 Å². The molecule has 0 heterocycles. The third kappa shape index (κ3) is 2.11. The molecule has 0 aliphatic heterocycles. The Hall–Kier alpha value is -1.69. The molecule has 0 amide bonds. The fourth-order valence-corrected chi connectivity index (χ4v) is 1.99. The molecule has 0 unspecified atom stereocenters. The van der Waals surface area contributed by atoms with E-state index in [0.29, 0.717) is 0 Å². The highest BCUT2D eigenvalue weighted by atomic mass is 127. The van der Waals surface area contributed by atoms with Gasteiger partial charge in [0.05, 0.1) is 17.6 Å². The molecule has 0 saturated heterocycles. The van der Waals surface area contributed by atoms with Crippen LogP contribution in [-0.4, -0.2) is 18.0 Å². The van der Waals surface area contributed by atoms with Crippen LogP contribution in [0.5, 0.6) is 0 Å². The van der Waals surface area contributed by atoms with Crippen molar-refractivity contribution in [3.63, 3.8) is 0 Å². The Morgan fingerprint density at radius 1 is 1.62 bits per heavy atom. The molecule has 0 aliphatic carbocycles. The highest BCUT2D eigenvalue weighted by Crippen LogP contribution is 2.28. The minimum atomic E-state index is -0.688. The van der Waals surface area contributed by atoms with Gasteiger partial charge in [-0.2, -0.15) is 5.26 Å². The number of nitriles is 1. The van der Waals surface area contributed by atoms with E-state index in [1.807, 2.05) is 0 Å². The molecule has 0 spiro atoms. The van der Waals surface area contributed by atoms with Crippen molar-refractivity contribution in [1.82, 2.24) is 0 Å². The van der Waals surface area contributed by atoms with Crippen LogP contribution >= 0.6 is 22.6 Å². The molecule has 7 heteroatoms. The van der Waals surface area contributed by atoms with Crippen LogP contribution in [0.15, 0.2) is 12.1 Å². The molecule has 16 heavy (non-hydrogen) atoms. The second kappa shape index (κ2) is 4.89. The van der Waals surface area contributed by atoms with Crippen LogP contribution in [0, 0.1) is 25.0 Å². The first-order chi connectivity index (χ1) is 7.52. The molecular weight excluding hydrogens is 327 g/mol. The predicted octanol–water partition coefficient (Wildman–Crippen LogP) is 1.86. The second-order valence-corrected chi connectivity index (χ2v) is 3.76. The highest BCUT2D eigenvalue weighted by Gasteiger charge is 2.24. The van der Waals surface area contributed by atoms with Gasteiger partial charge in [-0.3, -0.25) is 10.1 Å². The molecule has 82 valence electrons. The molecule has 1 rings (SSSR count). The van der Waals surface area contributed by atoms with Gasteiger partial charge < -0.3 is 4.74 Å². The van der Waals surface area contributed by atoms with Crippen LogP contribution in [0.3, 0.4) is 0 Å². The quantitative estimate of drug-likeness (QED) is 0.357. The third-order valence-corrected chi connectivity index (χ3v) is 2.92. The van der Waals surface area contributed by atoms with E-state index >= 15 is 0 Å². The molecule has 0 aromatic heterocycles. The number of hydrogen-bond acceptors (Lipinski definition) is 5. The van der Waals surface area contributed by atoms with E-state index in [1.165, 1.54) is 19.2 Å². The zero-order chi connectivity index (χ0) is 12.3. The first-order valence-electron chi connectivity index (χ1n) is 3.98. The van der Waals surface area contributed by atoms with E-state index in [-0.39, 0.29) is 20.4 Å². The van der Waals surface area contributed by atoms with Gasteiger partial charge in [-0.25, -0.2) is 4.79 Å². The number of carbonyl (C=O) groups is 1. The molecule has 0 fully saturated rings. The molecular formula is C9H5IN2O4. The van der Waals surface area contributed by atoms with Crippen LogP contribution in [0.25, 0.3) is 0 Å². The third-order valence-electron chi connectivity index (χ3n) is 1.82. The molecule has 0 aliphatic rings. The smallest absolute Gasteiger partial charge is 0.339 e. The van der Waals surface area contributed by atoms with E-state index in [2.05, 4.69) is 4.74 Å². The summed E-state index contributed by atoms with van der Waals surface area (Å²) in [4.78, 5) is 21.4. The fourth-order valence-electron chi connectivity index (χ4n) is 1.10. The molecule has 0 atom stereocenters. The molecule has 0 bridgehead atoms. The van der Waals surface area contributed by atoms with Gasteiger partial charge in [0.25, 0.3) is 0 Å². The zero-order valence-corrected chi connectivity index (χ0v) is 10.2. The van der Waals surface area contributed by atoms with Gasteiger partial charge in [-0.05, 0) is 34.7 Å². The number of rotatable bonds is 2. The Kier molecular flexibility index (Phi) is 3.78. The van der Waals surface area contributed by atoms with Crippen LogP contribution in [0.2, 0.25) is 0 Å². The maximum absolute atomic E-state index is 11.3. The first kappa shape index (κ1) is 12.4. The largest absolute Gasteiger partial charge is 0.465 e. The molecule has 1 aromatic rings. The number of carbonyl (C=O) groups excluding carboxylic acids is 1. The molecule has 1 aromatic carbocycles. The average Bonchev–Trinajstić information content (AvgIpc) is 2.26. The number of nitro benzene ring substituents is 1. The minimum Gasteiger partial charge on any atom is -0.465 e. The maximum Gasteiger partial charge on any atom is 0.339 e. The van der Waals surface area contributed by atoms with Crippen LogP contribution in [0.4, 0.5) is 5.69 Å². The van der Waals surface area contributed by atoms with Gasteiger partial charge in [0.15, 0.2) is 0 Å². The Morgan fingerprint density at radius 2 is 2.25 bits per heavy atom. The number of methoxy groups -OCH3 is 1. The summed E-state index contributed by atoms with van der Waals surface area (Å²) in [6.45, 7) is 0. The van der Waals surface area contributed by atoms with Crippen molar-refractivity contribution in [2.24, 2.45) is 0 Å². The van der Waals surface area contributed by atoms with Gasteiger partial charge in [0.1, 0.15) is 15.2 Å². The fraction of sp³-hybridized carbons (Fsp3) is 0.111. The lowest BCUT2D eigenvalue weighted by atomic mass is 10.1. The Balaban J connectivity index is 3.51. The van der Waals surface area contributed by atoms with E-state index < -0.39 is 10.9 Å². The van der Waals surface area contributed by atoms with Gasteiger partial charge in [-0.1, -0.05) is 0 Å². The molecule has 6 nitrogen and oxygen atoms in total. The summed E-state index contributed by atoms with van der Waals surface area (Å²) in [5.41, 5.74) is -0.373. The second-order valence-electron chi connectivity index (χ2n) is 2.68. The van der Waals surface area contributed by atoms with E-state index in [0.717, 1.165) is 0 Å². The number of benzene rings is 1. The molecule has 0 N–H and O–H groups in total. The number of hydrogen-bond donors (Lipinski definition) is 0. The van der Waals surface area contributed by atoms with Crippen molar-refractivity contribution >= 4 is 34.2 Å². The highest BCUT2D eigenvalue weighted by molar-refractivity contribution is 14.1. The minimum absolute atomic E-state index is 0.0776. The normalized spacial score (nSPS) is 9.31. The summed E-state index contributed by atoms with van der Waals surface area (Å²) in [6, 6.07) is 4.26. The maximum atomic E-state index is 11.3. The van der Waals surface area contributed by atoms with Gasteiger partial charge in [0, 0.05) is 0 Å². The average molecular weight is 332 g/mol. The standard InChI is InChI=1S/C9H5IN2O4/c1-16-9(13)6-3-2-5(4-11)8(7(6)10)12(14)15/h2-3H,1H3. The Labute approximate surface area is 104 Å². The first-order valence-corrected chi connectivity index (χ1v) is 5.06. The Bertz CT molecular complexity index is 507. The van der Waals surface area contributed by atoms with Crippen molar-refractivity contribution in [2.75, 3.05) is 7.11 Å². The van der Waals surface area contributed by atoms with E-state index in [4.69, 9.17) is 5.26 Å². The summed E-state index contributed by atoms with van der Waals surface area (Å²) >= 11 is 1.65. The zero-order valence-electron chi connectivity index (χ0n) is 8.06. The lowest BCUT2D eigenvalue weighted by Crippen LogP contribution is -2.07. The summed E-state index contributed by atoms with van der Waals surface area (Å²) in [7, 11) is 1.18. The molecule has 0 saturated carbocycles. The number of nitrogens with zero attached hydrogens (tertiary/aromatic N) is 2. The van der Waals surface area contributed by atoms with Crippen LogP contribution in [0.1, 0.15) is 15.9 Å². The summed E-state index contributed by atoms with van der Waals surface area (Å²) in [5.74, 6) is -0.669. The van der Waals surface area contributed by atoms with Gasteiger partial charge in [-0.15, -0.1) is 0 Å².